The fourth-order valence-electron chi connectivity index (χ4n) is 4.57. The van der Waals surface area contributed by atoms with Gasteiger partial charge in [-0.15, -0.1) is 0 Å². The predicted octanol–water partition coefficient (Wildman–Crippen LogP) is 5.01. The third-order valence-corrected chi connectivity index (χ3v) is 6.45. The minimum atomic E-state index is -0.600. The van der Waals surface area contributed by atoms with E-state index in [0.29, 0.717) is 32.2 Å². The molecule has 4 rings (SSSR count). The van der Waals surface area contributed by atoms with Crippen LogP contribution in [-0.2, 0) is 14.9 Å². The fourth-order valence-corrected chi connectivity index (χ4v) is 4.57. The number of hydrogen-bond donors (Lipinski definition) is 1. The molecule has 0 atom stereocenters. The van der Waals surface area contributed by atoms with Crippen LogP contribution < -0.4 is 14.8 Å². The summed E-state index contributed by atoms with van der Waals surface area (Å²) in [5.74, 6) is 1.71. The Kier molecular flexibility index (Phi) is 6.28. The van der Waals surface area contributed by atoms with E-state index in [-0.39, 0.29) is 5.91 Å². The summed E-state index contributed by atoms with van der Waals surface area (Å²) in [7, 11) is 1.65. The molecule has 1 saturated heterocycles. The molecule has 2 fully saturated rings. The molecule has 1 saturated carbocycles. The summed E-state index contributed by atoms with van der Waals surface area (Å²) in [6.45, 7) is 3.19. The zero-order chi connectivity index (χ0) is 21.0. The summed E-state index contributed by atoms with van der Waals surface area (Å²) in [5.41, 5.74) is 2.25. The molecule has 1 N–H and O–H groups in total. The predicted molar refractivity (Wildman–Crippen MR) is 117 cm³/mol. The molecule has 1 aliphatic heterocycles. The molecule has 5 nitrogen and oxygen atoms in total. The maximum atomic E-state index is 13.5. The first-order chi connectivity index (χ1) is 14.6. The number of amides is 1. The minimum Gasteiger partial charge on any atom is -0.497 e. The minimum absolute atomic E-state index is 0.0137. The van der Waals surface area contributed by atoms with Gasteiger partial charge in [0.25, 0.3) is 0 Å². The van der Waals surface area contributed by atoms with Crippen LogP contribution >= 0.6 is 0 Å². The van der Waals surface area contributed by atoms with E-state index in [1.807, 2.05) is 49.4 Å². The summed E-state index contributed by atoms with van der Waals surface area (Å²) < 4.78 is 17.0. The van der Waals surface area contributed by atoms with Crippen molar-refractivity contribution in [2.45, 2.75) is 57.0 Å². The maximum absolute atomic E-state index is 13.5. The van der Waals surface area contributed by atoms with Crippen molar-refractivity contribution >= 4 is 11.6 Å². The van der Waals surface area contributed by atoms with Crippen LogP contribution in [0.2, 0.25) is 0 Å². The van der Waals surface area contributed by atoms with Crippen LogP contribution in [0.1, 0.15) is 49.7 Å². The van der Waals surface area contributed by atoms with Gasteiger partial charge in [0.05, 0.1) is 18.6 Å². The van der Waals surface area contributed by atoms with Gasteiger partial charge in [-0.25, -0.2) is 0 Å². The number of methoxy groups -OCH3 is 1. The molecule has 2 aliphatic rings. The molecule has 1 amide bonds. The van der Waals surface area contributed by atoms with Crippen LogP contribution in [-0.4, -0.2) is 32.3 Å². The Morgan fingerprint density at radius 2 is 1.77 bits per heavy atom. The van der Waals surface area contributed by atoms with Crippen LogP contribution in [0, 0.1) is 6.92 Å². The molecule has 0 unspecified atom stereocenters. The van der Waals surface area contributed by atoms with Gasteiger partial charge in [-0.3, -0.25) is 4.79 Å². The van der Waals surface area contributed by atoms with Crippen molar-refractivity contribution in [2.24, 2.45) is 0 Å². The highest BCUT2D eigenvalue weighted by Gasteiger charge is 2.41. The molecule has 5 heteroatoms. The molecule has 2 aromatic carbocycles. The maximum Gasteiger partial charge on any atom is 0.235 e. The molecular formula is C25H31NO4. The van der Waals surface area contributed by atoms with Gasteiger partial charge < -0.3 is 19.5 Å². The molecular weight excluding hydrogens is 378 g/mol. The van der Waals surface area contributed by atoms with Crippen LogP contribution in [0.5, 0.6) is 11.5 Å². The molecule has 0 aromatic heterocycles. The molecule has 160 valence electrons. The van der Waals surface area contributed by atoms with E-state index in [0.717, 1.165) is 41.2 Å². The second-order valence-electron chi connectivity index (χ2n) is 8.38. The standard InChI is InChI=1S/C25H31NO4/c1-18-17-20(9-12-23(18)30-22-5-3-4-6-22)26-24(27)25(13-15-29-16-14-25)19-7-10-21(28-2)11-8-19/h7-12,17,22H,3-6,13-16H2,1-2H3,(H,26,27). The molecule has 0 bridgehead atoms. The van der Waals surface area contributed by atoms with Crippen molar-refractivity contribution < 1.29 is 19.0 Å². The Bertz CT molecular complexity index is 865. The van der Waals surface area contributed by atoms with Crippen LogP contribution in [0.25, 0.3) is 0 Å². The van der Waals surface area contributed by atoms with Crippen molar-refractivity contribution in [3.63, 3.8) is 0 Å². The van der Waals surface area contributed by atoms with Crippen molar-refractivity contribution in [3.05, 3.63) is 53.6 Å². The molecule has 0 radical (unpaired) electrons. The van der Waals surface area contributed by atoms with E-state index in [4.69, 9.17) is 14.2 Å². The second-order valence-corrected chi connectivity index (χ2v) is 8.38. The molecule has 0 spiro atoms. The first-order valence-corrected chi connectivity index (χ1v) is 10.9. The third kappa shape index (κ3) is 4.31. The van der Waals surface area contributed by atoms with Gasteiger partial charge in [0.1, 0.15) is 11.5 Å². The van der Waals surface area contributed by atoms with Crippen LogP contribution in [0.15, 0.2) is 42.5 Å². The average Bonchev–Trinajstić information content (AvgIpc) is 3.29. The van der Waals surface area contributed by atoms with E-state index in [2.05, 4.69) is 5.32 Å². The Hall–Kier alpha value is -2.53. The van der Waals surface area contributed by atoms with E-state index in [1.165, 1.54) is 12.8 Å². The first-order valence-electron chi connectivity index (χ1n) is 10.9. The number of carbonyl (C=O) groups is 1. The molecule has 1 aliphatic carbocycles. The number of ether oxygens (including phenoxy) is 3. The fraction of sp³-hybridized carbons (Fsp3) is 0.480. The summed E-state index contributed by atoms with van der Waals surface area (Å²) in [6.07, 6.45) is 6.39. The lowest BCUT2D eigenvalue weighted by atomic mass is 9.73. The van der Waals surface area contributed by atoms with Gasteiger partial charge in [-0.2, -0.15) is 0 Å². The number of nitrogens with one attached hydrogen (secondary N) is 1. The highest BCUT2D eigenvalue weighted by Crippen LogP contribution is 2.37. The van der Waals surface area contributed by atoms with Crippen LogP contribution in [0.3, 0.4) is 0 Å². The largest absolute Gasteiger partial charge is 0.497 e. The van der Waals surface area contributed by atoms with Gasteiger partial charge in [0.2, 0.25) is 5.91 Å². The Labute approximate surface area is 178 Å². The van der Waals surface area contributed by atoms with Crippen molar-refractivity contribution in [2.75, 3.05) is 25.6 Å². The van der Waals surface area contributed by atoms with Crippen molar-refractivity contribution in [1.82, 2.24) is 0 Å². The smallest absolute Gasteiger partial charge is 0.235 e. The topological polar surface area (TPSA) is 56.8 Å². The lowest BCUT2D eigenvalue weighted by Gasteiger charge is -2.36. The number of aryl methyl sites for hydroxylation is 1. The Balaban J connectivity index is 1.52. The quantitative estimate of drug-likeness (QED) is 0.728. The number of carbonyl (C=O) groups excluding carboxylic acids is 1. The first kappa shape index (κ1) is 20.7. The van der Waals surface area contributed by atoms with Gasteiger partial charge in [-0.05, 0) is 86.9 Å². The summed E-state index contributed by atoms with van der Waals surface area (Å²) in [6, 6.07) is 13.7. The summed E-state index contributed by atoms with van der Waals surface area (Å²) in [4.78, 5) is 13.5. The monoisotopic (exact) mass is 409 g/mol. The number of hydrogen-bond acceptors (Lipinski definition) is 4. The lowest BCUT2D eigenvalue weighted by molar-refractivity contribution is -0.125. The lowest BCUT2D eigenvalue weighted by Crippen LogP contribution is -2.44. The van der Waals surface area contributed by atoms with E-state index >= 15 is 0 Å². The summed E-state index contributed by atoms with van der Waals surface area (Å²) >= 11 is 0. The van der Waals surface area contributed by atoms with E-state index in [9.17, 15) is 4.79 Å². The van der Waals surface area contributed by atoms with E-state index in [1.54, 1.807) is 7.11 Å². The number of benzene rings is 2. The number of rotatable bonds is 6. The van der Waals surface area contributed by atoms with Gasteiger partial charge >= 0.3 is 0 Å². The normalized spacial score (nSPS) is 18.7. The van der Waals surface area contributed by atoms with Gasteiger partial charge in [-0.1, -0.05) is 12.1 Å². The van der Waals surface area contributed by atoms with Gasteiger partial charge in [0.15, 0.2) is 0 Å². The second kappa shape index (κ2) is 9.09. The SMILES string of the molecule is COc1ccc(C2(C(=O)Nc3ccc(OC4CCCC4)c(C)c3)CCOCC2)cc1. The molecule has 2 aromatic rings. The Morgan fingerprint density at radius 3 is 2.40 bits per heavy atom. The third-order valence-electron chi connectivity index (χ3n) is 6.45. The summed E-state index contributed by atoms with van der Waals surface area (Å²) in [5, 5.41) is 3.16. The highest BCUT2D eigenvalue weighted by molar-refractivity contribution is 5.99. The Morgan fingerprint density at radius 1 is 1.07 bits per heavy atom. The highest BCUT2D eigenvalue weighted by atomic mass is 16.5. The molecule has 1 heterocycles. The molecule has 30 heavy (non-hydrogen) atoms. The van der Waals surface area contributed by atoms with Crippen molar-refractivity contribution in [3.8, 4) is 11.5 Å². The van der Waals surface area contributed by atoms with Crippen molar-refractivity contribution in [1.29, 1.82) is 0 Å². The average molecular weight is 410 g/mol. The number of anilines is 1. The zero-order valence-corrected chi connectivity index (χ0v) is 17.9. The van der Waals surface area contributed by atoms with E-state index < -0.39 is 5.41 Å². The van der Waals surface area contributed by atoms with Crippen LogP contribution in [0.4, 0.5) is 5.69 Å². The van der Waals surface area contributed by atoms with Gasteiger partial charge in [0, 0.05) is 18.9 Å². The zero-order valence-electron chi connectivity index (χ0n) is 17.9.